The van der Waals surface area contributed by atoms with Crippen LogP contribution < -0.4 is 10.3 Å². The van der Waals surface area contributed by atoms with E-state index in [1.54, 1.807) is 13.8 Å². The maximum absolute atomic E-state index is 12.9. The topological polar surface area (TPSA) is 88.4 Å². The van der Waals surface area contributed by atoms with Crippen LogP contribution in [0.5, 0.6) is 0 Å². The first kappa shape index (κ1) is 16.5. The van der Waals surface area contributed by atoms with Gasteiger partial charge in [0.2, 0.25) is 0 Å². The molecule has 1 heterocycles. The third-order valence-electron chi connectivity index (χ3n) is 2.77. The molecule has 0 saturated carbocycles. The Morgan fingerprint density at radius 1 is 1.27 bits per heavy atom. The van der Waals surface area contributed by atoms with Crippen molar-refractivity contribution >= 4 is 27.5 Å². The summed E-state index contributed by atoms with van der Waals surface area (Å²) in [6.07, 6.45) is 0. The fourth-order valence-corrected chi connectivity index (χ4v) is 3.16. The highest BCUT2D eigenvalue weighted by Crippen LogP contribution is 2.21. The lowest BCUT2D eigenvalue weighted by molar-refractivity contribution is 0.0943. The predicted molar refractivity (Wildman–Crippen MR) is 77.4 cm³/mol. The Balaban J connectivity index is 2.16. The van der Waals surface area contributed by atoms with Crippen LogP contribution in [0.25, 0.3) is 0 Å². The lowest BCUT2D eigenvalue weighted by atomic mass is 10.2. The summed E-state index contributed by atoms with van der Waals surface area (Å²) in [5.74, 6) is -0.477. The smallest absolute Gasteiger partial charge is 0.269 e. The van der Waals surface area contributed by atoms with Crippen LogP contribution in [-0.2, 0) is 10.0 Å². The van der Waals surface area contributed by atoms with E-state index in [0.29, 0.717) is 11.5 Å². The molecule has 0 aliphatic heterocycles. The van der Waals surface area contributed by atoms with Gasteiger partial charge in [0.15, 0.2) is 0 Å². The molecule has 118 valence electrons. The van der Waals surface area contributed by atoms with Gasteiger partial charge in [0, 0.05) is 0 Å². The summed E-state index contributed by atoms with van der Waals surface area (Å²) >= 11 is 5.69. The van der Waals surface area contributed by atoms with Crippen LogP contribution >= 0.6 is 11.6 Å². The van der Waals surface area contributed by atoms with E-state index in [1.165, 1.54) is 6.07 Å². The molecule has 0 atom stereocenters. The summed E-state index contributed by atoms with van der Waals surface area (Å²) in [5.41, 5.74) is 2.24. The predicted octanol–water partition coefficient (Wildman–Crippen LogP) is 2.31. The van der Waals surface area contributed by atoms with E-state index >= 15 is 0 Å². The van der Waals surface area contributed by atoms with Gasteiger partial charge in [0.1, 0.15) is 22.2 Å². The van der Waals surface area contributed by atoms with Crippen LogP contribution in [0.15, 0.2) is 33.6 Å². The third-order valence-corrected chi connectivity index (χ3v) is 4.50. The van der Waals surface area contributed by atoms with Gasteiger partial charge < -0.3 is 4.42 Å². The molecule has 0 radical (unpaired) electrons. The molecule has 1 amide bonds. The fraction of sp³-hybridized carbons (Fsp3) is 0.154. The van der Waals surface area contributed by atoms with Crippen molar-refractivity contribution in [2.75, 3.05) is 0 Å². The third kappa shape index (κ3) is 3.46. The van der Waals surface area contributed by atoms with E-state index < -0.39 is 21.7 Å². The van der Waals surface area contributed by atoms with Crippen molar-refractivity contribution in [1.29, 1.82) is 0 Å². The number of hydrazine groups is 1. The molecule has 0 spiro atoms. The maximum Gasteiger partial charge on any atom is 0.269 e. The number of carbonyl (C=O) groups excluding carboxylic acids is 1. The van der Waals surface area contributed by atoms with E-state index in [1.807, 2.05) is 10.3 Å². The van der Waals surface area contributed by atoms with Gasteiger partial charge in [0.05, 0.1) is 10.6 Å². The van der Waals surface area contributed by atoms with Crippen LogP contribution in [-0.4, -0.2) is 14.3 Å². The molecule has 1 aromatic carbocycles. The molecule has 1 aromatic heterocycles. The molecule has 0 bridgehead atoms. The SMILES string of the molecule is Cc1cc(C(=O)NNS(=O)(=O)c2ccc(F)cc2Cl)c(C)o1. The Hall–Kier alpha value is -1.90. The molecule has 0 aliphatic rings. The summed E-state index contributed by atoms with van der Waals surface area (Å²) in [7, 11) is -4.13. The largest absolute Gasteiger partial charge is 0.466 e. The first-order valence-electron chi connectivity index (χ1n) is 6.05. The second-order valence-corrected chi connectivity index (χ2v) is 6.52. The minimum absolute atomic E-state index is 0.199. The number of nitrogens with one attached hydrogen (secondary N) is 2. The van der Waals surface area contributed by atoms with E-state index in [2.05, 4.69) is 0 Å². The number of aryl methyl sites for hydroxylation is 2. The number of hydrogen-bond donors (Lipinski definition) is 2. The zero-order valence-electron chi connectivity index (χ0n) is 11.6. The van der Waals surface area contributed by atoms with Crippen molar-refractivity contribution in [2.45, 2.75) is 18.7 Å². The van der Waals surface area contributed by atoms with Gasteiger partial charge in [-0.3, -0.25) is 10.2 Å². The quantitative estimate of drug-likeness (QED) is 0.831. The average molecular weight is 347 g/mol. The number of hydrogen-bond acceptors (Lipinski definition) is 4. The van der Waals surface area contributed by atoms with Gasteiger partial charge in [-0.05, 0) is 38.1 Å². The monoisotopic (exact) mass is 346 g/mol. The number of amides is 1. The molecule has 0 aliphatic carbocycles. The molecule has 2 rings (SSSR count). The number of furan rings is 1. The highest BCUT2D eigenvalue weighted by molar-refractivity contribution is 7.89. The van der Waals surface area contributed by atoms with Crippen LogP contribution in [0.2, 0.25) is 5.02 Å². The van der Waals surface area contributed by atoms with Crippen LogP contribution in [0.1, 0.15) is 21.9 Å². The number of sulfonamides is 1. The van der Waals surface area contributed by atoms with Crippen molar-refractivity contribution in [3.05, 3.63) is 52.2 Å². The van der Waals surface area contributed by atoms with E-state index in [-0.39, 0.29) is 15.5 Å². The van der Waals surface area contributed by atoms with Crippen LogP contribution in [0.4, 0.5) is 4.39 Å². The molecule has 9 heteroatoms. The van der Waals surface area contributed by atoms with Crippen molar-refractivity contribution in [3.63, 3.8) is 0 Å². The maximum atomic E-state index is 12.9. The van der Waals surface area contributed by atoms with Crippen LogP contribution in [0, 0.1) is 19.7 Å². The Labute approximate surface area is 131 Å². The molecule has 2 N–H and O–H groups in total. The van der Waals surface area contributed by atoms with Gasteiger partial charge in [-0.25, -0.2) is 12.8 Å². The van der Waals surface area contributed by atoms with Crippen molar-refractivity contribution in [1.82, 2.24) is 10.3 Å². The lowest BCUT2D eigenvalue weighted by Gasteiger charge is -2.09. The van der Waals surface area contributed by atoms with E-state index in [9.17, 15) is 17.6 Å². The van der Waals surface area contributed by atoms with Crippen molar-refractivity contribution in [3.8, 4) is 0 Å². The number of carbonyl (C=O) groups is 1. The molecular formula is C13H12ClFN2O4S. The lowest BCUT2D eigenvalue weighted by Crippen LogP contribution is -2.41. The molecule has 22 heavy (non-hydrogen) atoms. The van der Waals surface area contributed by atoms with Gasteiger partial charge in [-0.1, -0.05) is 11.6 Å². The van der Waals surface area contributed by atoms with Gasteiger partial charge >= 0.3 is 0 Å². The Bertz CT molecular complexity index is 833. The summed E-state index contributed by atoms with van der Waals surface area (Å²) in [5, 5.41) is -0.294. The summed E-state index contributed by atoms with van der Waals surface area (Å²) in [4.78, 5) is 13.4. The zero-order valence-corrected chi connectivity index (χ0v) is 13.2. The number of rotatable bonds is 4. The van der Waals surface area contributed by atoms with Gasteiger partial charge in [-0.2, -0.15) is 0 Å². The van der Waals surface area contributed by atoms with Crippen molar-refractivity contribution in [2.24, 2.45) is 0 Å². The summed E-state index contributed by atoms with van der Waals surface area (Å²) in [6.45, 7) is 3.24. The first-order chi connectivity index (χ1) is 10.2. The molecule has 0 saturated heterocycles. The highest BCUT2D eigenvalue weighted by Gasteiger charge is 2.21. The average Bonchev–Trinajstić information content (AvgIpc) is 2.74. The number of halogens is 2. The van der Waals surface area contributed by atoms with E-state index in [0.717, 1.165) is 18.2 Å². The Morgan fingerprint density at radius 2 is 1.95 bits per heavy atom. The molecule has 2 aromatic rings. The minimum Gasteiger partial charge on any atom is -0.466 e. The molecule has 0 fully saturated rings. The van der Waals surface area contributed by atoms with Crippen molar-refractivity contribution < 1.29 is 22.0 Å². The number of benzene rings is 1. The molecular weight excluding hydrogens is 335 g/mol. The standard InChI is InChI=1S/C13H12ClFN2O4S/c1-7-5-10(8(2)21-7)13(18)16-17-22(19,20)12-4-3-9(15)6-11(12)14/h3-6,17H,1-2H3,(H,16,18). The van der Waals surface area contributed by atoms with Crippen LogP contribution in [0.3, 0.4) is 0 Å². The highest BCUT2D eigenvalue weighted by atomic mass is 35.5. The second kappa shape index (κ2) is 6.07. The zero-order chi connectivity index (χ0) is 16.5. The molecule has 0 unspecified atom stereocenters. The Morgan fingerprint density at radius 3 is 2.50 bits per heavy atom. The first-order valence-corrected chi connectivity index (χ1v) is 7.91. The normalized spacial score (nSPS) is 11.5. The van der Waals surface area contributed by atoms with E-state index in [4.69, 9.17) is 16.0 Å². The minimum atomic E-state index is -4.13. The molecule has 6 nitrogen and oxygen atoms in total. The van der Waals surface area contributed by atoms with Gasteiger partial charge in [-0.15, -0.1) is 4.83 Å². The second-order valence-electron chi connectivity index (χ2n) is 4.46. The van der Waals surface area contributed by atoms with Gasteiger partial charge in [0.25, 0.3) is 15.9 Å². The Kier molecular flexibility index (Phi) is 4.55. The summed E-state index contributed by atoms with van der Waals surface area (Å²) < 4.78 is 42.2. The summed E-state index contributed by atoms with van der Waals surface area (Å²) in [6, 6.07) is 4.29. The fourth-order valence-electron chi connectivity index (χ4n) is 1.79.